The van der Waals surface area contributed by atoms with Gasteiger partial charge in [-0.05, 0) is 6.42 Å². The SMILES string of the molecule is CCc1nc(-c2ccccc2)cs1.CCl. The summed E-state index contributed by atoms with van der Waals surface area (Å²) in [4.78, 5) is 4.52. The summed E-state index contributed by atoms with van der Waals surface area (Å²) in [5.74, 6) is 0. The molecule has 0 aliphatic carbocycles. The Kier molecular flexibility index (Phi) is 5.37. The molecular formula is C12H14ClNS. The molecule has 2 rings (SSSR count). The topological polar surface area (TPSA) is 12.9 Å². The van der Waals surface area contributed by atoms with Gasteiger partial charge in [-0.15, -0.1) is 22.9 Å². The summed E-state index contributed by atoms with van der Waals surface area (Å²) in [6.07, 6.45) is 2.50. The lowest BCUT2D eigenvalue weighted by atomic mass is 10.2. The number of aromatic nitrogens is 1. The summed E-state index contributed by atoms with van der Waals surface area (Å²) < 4.78 is 0. The first kappa shape index (κ1) is 12.2. The van der Waals surface area contributed by atoms with Gasteiger partial charge in [0.2, 0.25) is 0 Å². The lowest BCUT2D eigenvalue weighted by Gasteiger charge is -1.93. The Hall–Kier alpha value is -0.860. The van der Waals surface area contributed by atoms with Gasteiger partial charge in [0.1, 0.15) is 0 Å². The fourth-order valence-corrected chi connectivity index (χ4v) is 1.97. The summed E-state index contributed by atoms with van der Waals surface area (Å²) >= 11 is 6.37. The second-order valence-electron chi connectivity index (χ2n) is 2.85. The smallest absolute Gasteiger partial charge is 0.0929 e. The van der Waals surface area contributed by atoms with Crippen molar-refractivity contribution in [3.8, 4) is 11.3 Å². The zero-order valence-corrected chi connectivity index (χ0v) is 10.5. The van der Waals surface area contributed by atoms with Crippen LogP contribution in [0, 0.1) is 0 Å². The number of alkyl halides is 1. The molecule has 1 nitrogen and oxygen atoms in total. The molecule has 0 radical (unpaired) electrons. The van der Waals surface area contributed by atoms with Gasteiger partial charge in [0.15, 0.2) is 0 Å². The van der Waals surface area contributed by atoms with Gasteiger partial charge >= 0.3 is 0 Å². The predicted octanol–water partition coefficient (Wildman–Crippen LogP) is 4.23. The highest BCUT2D eigenvalue weighted by Gasteiger charge is 2.01. The Morgan fingerprint density at radius 3 is 2.40 bits per heavy atom. The number of thiazole rings is 1. The molecular weight excluding hydrogens is 226 g/mol. The molecule has 0 saturated carbocycles. The van der Waals surface area contributed by atoms with Crippen LogP contribution < -0.4 is 0 Å². The molecule has 1 aromatic heterocycles. The van der Waals surface area contributed by atoms with E-state index in [1.807, 2.05) is 18.2 Å². The van der Waals surface area contributed by atoms with Crippen molar-refractivity contribution in [2.45, 2.75) is 13.3 Å². The fraction of sp³-hybridized carbons (Fsp3) is 0.250. The van der Waals surface area contributed by atoms with E-state index in [4.69, 9.17) is 0 Å². The first-order chi connectivity index (χ1) is 7.40. The van der Waals surface area contributed by atoms with E-state index in [0.717, 1.165) is 12.1 Å². The molecule has 0 atom stereocenters. The Balaban J connectivity index is 0.000000531. The van der Waals surface area contributed by atoms with Crippen LogP contribution in [-0.4, -0.2) is 11.4 Å². The molecule has 1 aromatic carbocycles. The first-order valence-corrected chi connectivity index (χ1v) is 6.41. The van der Waals surface area contributed by atoms with Gasteiger partial charge in [-0.25, -0.2) is 4.98 Å². The average Bonchev–Trinajstić information content (AvgIpc) is 2.81. The quantitative estimate of drug-likeness (QED) is 0.715. The number of hydrogen-bond acceptors (Lipinski definition) is 2. The molecule has 0 fully saturated rings. The lowest BCUT2D eigenvalue weighted by Crippen LogP contribution is -1.79. The van der Waals surface area contributed by atoms with Gasteiger partial charge in [0.05, 0.1) is 10.7 Å². The summed E-state index contributed by atoms with van der Waals surface area (Å²) in [5, 5.41) is 3.33. The average molecular weight is 240 g/mol. The van der Waals surface area contributed by atoms with E-state index in [2.05, 4.69) is 41.0 Å². The van der Waals surface area contributed by atoms with Crippen molar-refractivity contribution >= 4 is 22.9 Å². The van der Waals surface area contributed by atoms with Crippen molar-refractivity contribution in [1.82, 2.24) is 4.98 Å². The monoisotopic (exact) mass is 239 g/mol. The molecule has 0 bridgehead atoms. The van der Waals surface area contributed by atoms with Gasteiger partial charge in [-0.2, -0.15) is 0 Å². The Labute approximate surface area is 99.8 Å². The lowest BCUT2D eigenvalue weighted by molar-refractivity contribution is 1.10. The van der Waals surface area contributed by atoms with Crippen molar-refractivity contribution in [2.75, 3.05) is 6.38 Å². The van der Waals surface area contributed by atoms with Crippen LogP contribution in [0.2, 0.25) is 0 Å². The summed E-state index contributed by atoms with van der Waals surface area (Å²) in [7, 11) is 0. The summed E-state index contributed by atoms with van der Waals surface area (Å²) in [6, 6.07) is 10.3. The van der Waals surface area contributed by atoms with Crippen molar-refractivity contribution in [2.24, 2.45) is 0 Å². The molecule has 0 N–H and O–H groups in total. The summed E-state index contributed by atoms with van der Waals surface area (Å²) in [6.45, 7) is 2.13. The standard InChI is InChI=1S/C11H11NS.CH3Cl/c1-2-11-12-10(8-13-11)9-6-4-3-5-7-9;1-2/h3-8H,2H2,1H3;1H3. The maximum absolute atomic E-state index is 4.64. The third-order valence-electron chi connectivity index (χ3n) is 1.92. The normalized spacial score (nSPS) is 9.27. The maximum atomic E-state index is 4.64. The van der Waals surface area contributed by atoms with E-state index in [9.17, 15) is 0 Å². The number of nitrogens with zero attached hydrogens (tertiary/aromatic N) is 1. The highest BCUT2D eigenvalue weighted by molar-refractivity contribution is 7.09. The Morgan fingerprint density at radius 2 is 1.87 bits per heavy atom. The minimum absolute atomic E-state index is 1.03. The van der Waals surface area contributed by atoms with Crippen LogP contribution in [0.25, 0.3) is 11.3 Å². The van der Waals surface area contributed by atoms with Crippen molar-refractivity contribution < 1.29 is 0 Å². The molecule has 3 heteroatoms. The molecule has 1 heterocycles. The molecule has 0 spiro atoms. The van der Waals surface area contributed by atoms with E-state index in [0.29, 0.717) is 0 Å². The molecule has 0 amide bonds. The third-order valence-corrected chi connectivity index (χ3v) is 2.92. The van der Waals surface area contributed by atoms with Crippen LogP contribution in [0.3, 0.4) is 0 Å². The maximum Gasteiger partial charge on any atom is 0.0929 e. The van der Waals surface area contributed by atoms with E-state index < -0.39 is 0 Å². The van der Waals surface area contributed by atoms with E-state index in [-0.39, 0.29) is 0 Å². The zero-order chi connectivity index (χ0) is 11.1. The van der Waals surface area contributed by atoms with Crippen LogP contribution >= 0.6 is 22.9 Å². The summed E-state index contributed by atoms with van der Waals surface area (Å²) in [5.41, 5.74) is 2.31. The zero-order valence-electron chi connectivity index (χ0n) is 8.90. The molecule has 0 unspecified atom stereocenters. The van der Waals surface area contributed by atoms with Crippen molar-refractivity contribution in [3.63, 3.8) is 0 Å². The van der Waals surface area contributed by atoms with Gasteiger partial charge in [0, 0.05) is 17.3 Å². The molecule has 80 valence electrons. The number of hydrogen-bond donors (Lipinski definition) is 0. The van der Waals surface area contributed by atoms with E-state index in [1.54, 1.807) is 11.3 Å². The van der Waals surface area contributed by atoms with Crippen LogP contribution in [0.15, 0.2) is 35.7 Å². The largest absolute Gasteiger partial charge is 0.241 e. The van der Waals surface area contributed by atoms with Gasteiger partial charge in [-0.1, -0.05) is 37.3 Å². The highest BCUT2D eigenvalue weighted by atomic mass is 35.5. The van der Waals surface area contributed by atoms with Crippen LogP contribution in [0.5, 0.6) is 0 Å². The Morgan fingerprint density at radius 1 is 1.20 bits per heavy atom. The Bertz CT molecular complexity index is 384. The number of benzene rings is 1. The van der Waals surface area contributed by atoms with Gasteiger partial charge in [-0.3, -0.25) is 0 Å². The second kappa shape index (κ2) is 6.59. The van der Waals surface area contributed by atoms with E-state index in [1.165, 1.54) is 17.0 Å². The number of aryl methyl sites for hydroxylation is 1. The molecule has 0 saturated heterocycles. The number of halogens is 1. The molecule has 15 heavy (non-hydrogen) atoms. The van der Waals surface area contributed by atoms with Crippen LogP contribution in [-0.2, 0) is 6.42 Å². The molecule has 0 aliphatic rings. The van der Waals surface area contributed by atoms with Crippen LogP contribution in [0.1, 0.15) is 11.9 Å². The van der Waals surface area contributed by atoms with Gasteiger partial charge in [0.25, 0.3) is 0 Å². The minimum Gasteiger partial charge on any atom is -0.241 e. The minimum atomic E-state index is 1.03. The second-order valence-corrected chi connectivity index (χ2v) is 3.79. The fourth-order valence-electron chi connectivity index (χ4n) is 1.21. The molecule has 0 aliphatic heterocycles. The van der Waals surface area contributed by atoms with Crippen molar-refractivity contribution in [1.29, 1.82) is 0 Å². The van der Waals surface area contributed by atoms with E-state index >= 15 is 0 Å². The van der Waals surface area contributed by atoms with Crippen LogP contribution in [0.4, 0.5) is 0 Å². The predicted molar refractivity (Wildman–Crippen MR) is 68.7 cm³/mol. The highest BCUT2D eigenvalue weighted by Crippen LogP contribution is 2.21. The third kappa shape index (κ3) is 3.33. The van der Waals surface area contributed by atoms with Gasteiger partial charge < -0.3 is 0 Å². The first-order valence-electron chi connectivity index (χ1n) is 4.78. The molecule has 2 aromatic rings. The van der Waals surface area contributed by atoms with Crippen molar-refractivity contribution in [3.05, 3.63) is 40.7 Å². The number of rotatable bonds is 2.